The fourth-order valence-electron chi connectivity index (χ4n) is 3.50. The summed E-state index contributed by atoms with van der Waals surface area (Å²) >= 11 is 5.87. The number of nitrogens with one attached hydrogen (secondary N) is 1. The van der Waals surface area contributed by atoms with E-state index in [0.717, 1.165) is 26.1 Å². The summed E-state index contributed by atoms with van der Waals surface area (Å²) in [6.07, 6.45) is 1.05. The van der Waals surface area contributed by atoms with E-state index in [2.05, 4.69) is 40.8 Å². The molecule has 1 saturated heterocycles. The Labute approximate surface area is 183 Å². The quantitative estimate of drug-likeness (QED) is 0.705. The van der Waals surface area contributed by atoms with Crippen LogP contribution in [0.3, 0.4) is 0 Å². The van der Waals surface area contributed by atoms with Crippen LogP contribution in [0.5, 0.6) is 0 Å². The van der Waals surface area contributed by atoms with Crippen LogP contribution < -0.4 is 4.72 Å². The maximum Gasteiger partial charge on any atom is 0.240 e. The zero-order valence-electron chi connectivity index (χ0n) is 17.2. The minimum Gasteiger partial charge on any atom is -0.341 e. The molecule has 1 heterocycles. The van der Waals surface area contributed by atoms with E-state index < -0.39 is 10.0 Å². The predicted molar refractivity (Wildman–Crippen MR) is 119 cm³/mol. The maximum absolute atomic E-state index is 12.6. The Bertz CT molecular complexity index is 964. The molecule has 1 amide bonds. The number of carbonyl (C=O) groups is 1. The molecule has 30 heavy (non-hydrogen) atoms. The van der Waals surface area contributed by atoms with E-state index in [4.69, 9.17) is 11.6 Å². The topological polar surface area (TPSA) is 69.7 Å². The van der Waals surface area contributed by atoms with Crippen LogP contribution in [-0.2, 0) is 21.4 Å². The smallest absolute Gasteiger partial charge is 0.240 e. The van der Waals surface area contributed by atoms with Crippen LogP contribution in [0.25, 0.3) is 0 Å². The first-order valence-electron chi connectivity index (χ1n) is 10.1. The van der Waals surface area contributed by atoms with Gasteiger partial charge in [0.25, 0.3) is 0 Å². The molecule has 0 radical (unpaired) electrons. The third kappa shape index (κ3) is 6.54. The zero-order valence-corrected chi connectivity index (χ0v) is 18.8. The Balaban J connectivity index is 1.46. The van der Waals surface area contributed by atoms with Gasteiger partial charge in [0.2, 0.25) is 15.9 Å². The van der Waals surface area contributed by atoms with Gasteiger partial charge in [0, 0.05) is 50.7 Å². The van der Waals surface area contributed by atoms with Crippen LogP contribution in [0.15, 0.2) is 53.4 Å². The number of hydrogen-bond donors (Lipinski definition) is 1. The van der Waals surface area contributed by atoms with E-state index in [9.17, 15) is 13.2 Å². The molecule has 3 rings (SSSR count). The lowest BCUT2D eigenvalue weighted by molar-refractivity contribution is -0.130. The Morgan fingerprint density at radius 2 is 1.83 bits per heavy atom. The second kappa shape index (κ2) is 10.4. The van der Waals surface area contributed by atoms with Crippen molar-refractivity contribution in [3.8, 4) is 0 Å². The van der Waals surface area contributed by atoms with Crippen LogP contribution in [-0.4, -0.2) is 56.8 Å². The van der Waals surface area contributed by atoms with Gasteiger partial charge in [-0.25, -0.2) is 13.1 Å². The largest absolute Gasteiger partial charge is 0.341 e. The highest BCUT2D eigenvalue weighted by atomic mass is 35.5. The first kappa shape index (κ1) is 22.7. The summed E-state index contributed by atoms with van der Waals surface area (Å²) in [7, 11) is -3.68. The average Bonchev–Trinajstić information content (AvgIpc) is 2.95. The van der Waals surface area contributed by atoms with Crippen LogP contribution in [0.4, 0.5) is 0 Å². The summed E-state index contributed by atoms with van der Waals surface area (Å²) in [5.74, 6) is -0.0269. The fourth-order valence-corrected chi connectivity index (χ4v) is 4.83. The fraction of sp³-hybridized carbons (Fsp3) is 0.409. The SMILES string of the molecule is Cc1ccc(CN2CCCN(C(=O)CCNS(=O)(=O)c3cccc(Cl)c3)CC2)cc1. The summed E-state index contributed by atoms with van der Waals surface area (Å²) in [5.41, 5.74) is 2.52. The standard InChI is InChI=1S/C22H28ClN3O3S/c1-18-6-8-19(9-7-18)17-25-12-3-13-26(15-14-25)22(27)10-11-24-30(28,29)21-5-2-4-20(23)16-21/h2,4-9,16,24H,3,10-15,17H2,1H3. The van der Waals surface area contributed by atoms with Crippen LogP contribution in [0.1, 0.15) is 24.0 Å². The lowest BCUT2D eigenvalue weighted by atomic mass is 10.1. The Morgan fingerprint density at radius 1 is 1.07 bits per heavy atom. The van der Waals surface area contributed by atoms with Crippen molar-refractivity contribution in [2.45, 2.75) is 31.2 Å². The number of nitrogens with zero attached hydrogens (tertiary/aromatic N) is 2. The van der Waals surface area contributed by atoms with Gasteiger partial charge in [-0.15, -0.1) is 0 Å². The Hall–Kier alpha value is -1.93. The normalized spacial score (nSPS) is 15.7. The molecule has 1 aliphatic rings. The second-order valence-corrected chi connectivity index (χ2v) is 9.80. The van der Waals surface area contributed by atoms with Crippen molar-refractivity contribution < 1.29 is 13.2 Å². The van der Waals surface area contributed by atoms with E-state index >= 15 is 0 Å². The van der Waals surface area contributed by atoms with E-state index in [1.807, 2.05) is 4.90 Å². The molecular formula is C22H28ClN3O3S. The number of aryl methyl sites for hydroxylation is 1. The molecule has 162 valence electrons. The molecule has 2 aromatic rings. The zero-order chi connectivity index (χ0) is 21.6. The van der Waals surface area contributed by atoms with Gasteiger partial charge in [0.1, 0.15) is 0 Å². The number of sulfonamides is 1. The molecule has 0 aromatic heterocycles. The molecule has 2 aromatic carbocycles. The second-order valence-electron chi connectivity index (χ2n) is 7.60. The molecule has 1 N–H and O–H groups in total. The summed E-state index contributed by atoms with van der Waals surface area (Å²) < 4.78 is 27.2. The van der Waals surface area contributed by atoms with Crippen molar-refractivity contribution in [3.05, 3.63) is 64.7 Å². The first-order valence-corrected chi connectivity index (χ1v) is 12.0. The Morgan fingerprint density at radius 3 is 2.57 bits per heavy atom. The molecule has 6 nitrogen and oxygen atoms in total. The van der Waals surface area contributed by atoms with E-state index in [0.29, 0.717) is 18.1 Å². The lowest BCUT2D eigenvalue weighted by Gasteiger charge is -2.22. The minimum atomic E-state index is -3.68. The minimum absolute atomic E-state index is 0.0269. The monoisotopic (exact) mass is 449 g/mol. The summed E-state index contributed by atoms with van der Waals surface area (Å²) in [4.78, 5) is 16.9. The van der Waals surface area contributed by atoms with Crippen LogP contribution >= 0.6 is 11.6 Å². The van der Waals surface area contributed by atoms with Gasteiger partial charge in [-0.05, 0) is 37.1 Å². The number of carbonyl (C=O) groups excluding carboxylic acids is 1. The first-order chi connectivity index (χ1) is 14.3. The van der Waals surface area contributed by atoms with E-state index in [1.54, 1.807) is 12.1 Å². The third-order valence-electron chi connectivity index (χ3n) is 5.21. The van der Waals surface area contributed by atoms with Crippen molar-refractivity contribution >= 4 is 27.5 Å². The van der Waals surface area contributed by atoms with Crippen LogP contribution in [0.2, 0.25) is 5.02 Å². The summed E-state index contributed by atoms with van der Waals surface area (Å²) in [6.45, 7) is 6.14. The average molecular weight is 450 g/mol. The molecule has 0 aliphatic carbocycles. The highest BCUT2D eigenvalue weighted by molar-refractivity contribution is 7.89. The van der Waals surface area contributed by atoms with Gasteiger partial charge in [-0.2, -0.15) is 0 Å². The van der Waals surface area contributed by atoms with E-state index in [-0.39, 0.29) is 23.8 Å². The van der Waals surface area contributed by atoms with Crippen molar-refractivity contribution in [2.75, 3.05) is 32.7 Å². The van der Waals surface area contributed by atoms with Gasteiger partial charge in [-0.1, -0.05) is 47.5 Å². The van der Waals surface area contributed by atoms with Gasteiger partial charge in [0.05, 0.1) is 4.90 Å². The molecule has 0 spiro atoms. The van der Waals surface area contributed by atoms with E-state index in [1.165, 1.54) is 23.3 Å². The molecular weight excluding hydrogens is 422 g/mol. The number of rotatable bonds is 7. The molecule has 8 heteroatoms. The highest BCUT2D eigenvalue weighted by Crippen LogP contribution is 2.15. The van der Waals surface area contributed by atoms with Crippen molar-refractivity contribution in [3.63, 3.8) is 0 Å². The molecule has 1 fully saturated rings. The van der Waals surface area contributed by atoms with Gasteiger partial charge < -0.3 is 4.90 Å². The van der Waals surface area contributed by atoms with Gasteiger partial charge in [-0.3, -0.25) is 9.69 Å². The molecule has 1 aliphatic heterocycles. The number of hydrogen-bond acceptors (Lipinski definition) is 4. The summed E-state index contributed by atoms with van der Waals surface area (Å²) in [6, 6.07) is 14.6. The summed E-state index contributed by atoms with van der Waals surface area (Å²) in [5, 5.41) is 0.355. The number of amides is 1. The molecule has 0 saturated carbocycles. The molecule has 0 unspecified atom stereocenters. The highest BCUT2D eigenvalue weighted by Gasteiger charge is 2.20. The van der Waals surface area contributed by atoms with Gasteiger partial charge in [0.15, 0.2) is 0 Å². The number of halogens is 1. The van der Waals surface area contributed by atoms with Crippen LogP contribution in [0, 0.1) is 6.92 Å². The molecule has 0 bridgehead atoms. The maximum atomic E-state index is 12.6. The van der Waals surface area contributed by atoms with Gasteiger partial charge >= 0.3 is 0 Å². The van der Waals surface area contributed by atoms with Crippen molar-refractivity contribution in [2.24, 2.45) is 0 Å². The Kier molecular flexibility index (Phi) is 7.88. The molecule has 0 atom stereocenters. The predicted octanol–water partition coefficient (Wildman–Crippen LogP) is 3.05. The van der Waals surface area contributed by atoms with Crippen molar-refractivity contribution in [1.82, 2.24) is 14.5 Å². The third-order valence-corrected chi connectivity index (χ3v) is 6.90. The number of benzene rings is 2. The lowest BCUT2D eigenvalue weighted by Crippen LogP contribution is -2.37. The van der Waals surface area contributed by atoms with Crippen molar-refractivity contribution in [1.29, 1.82) is 0 Å².